The largest absolute Gasteiger partial charge is 0.493 e. The Hall–Kier alpha value is -3.26. The number of nitrogens with one attached hydrogen (secondary N) is 1. The number of benzene rings is 2. The number of amides is 2. The molecule has 2 aromatic carbocycles. The predicted molar refractivity (Wildman–Crippen MR) is 107 cm³/mol. The maximum atomic E-state index is 12.7. The molecular weight excluding hydrogens is 376 g/mol. The van der Waals surface area contributed by atoms with Crippen molar-refractivity contribution in [1.82, 2.24) is 4.90 Å². The summed E-state index contributed by atoms with van der Waals surface area (Å²) in [6.07, 6.45) is 0. The Morgan fingerprint density at radius 1 is 0.897 bits per heavy atom. The van der Waals surface area contributed by atoms with Crippen LogP contribution < -0.4 is 19.5 Å². The van der Waals surface area contributed by atoms with E-state index < -0.39 is 0 Å². The van der Waals surface area contributed by atoms with Gasteiger partial charge in [0.15, 0.2) is 11.5 Å². The molecule has 2 aromatic rings. The number of ether oxygens (including phenoxy) is 4. The van der Waals surface area contributed by atoms with Gasteiger partial charge in [-0.05, 0) is 36.4 Å². The van der Waals surface area contributed by atoms with E-state index in [0.717, 1.165) is 0 Å². The van der Waals surface area contributed by atoms with E-state index >= 15 is 0 Å². The lowest BCUT2D eigenvalue weighted by molar-refractivity contribution is 0.0303. The lowest BCUT2D eigenvalue weighted by Gasteiger charge is -2.26. The van der Waals surface area contributed by atoms with Crippen LogP contribution in [0.4, 0.5) is 5.69 Å². The van der Waals surface area contributed by atoms with Crippen molar-refractivity contribution in [2.45, 2.75) is 0 Å². The van der Waals surface area contributed by atoms with Crippen LogP contribution in [0.15, 0.2) is 36.4 Å². The van der Waals surface area contributed by atoms with E-state index in [0.29, 0.717) is 60.4 Å². The second kappa shape index (κ2) is 9.29. The van der Waals surface area contributed by atoms with E-state index in [2.05, 4.69) is 5.32 Å². The average molecular weight is 400 g/mol. The molecule has 1 N–H and O–H groups in total. The van der Waals surface area contributed by atoms with E-state index in [1.54, 1.807) is 41.3 Å². The number of carbonyl (C=O) groups is 2. The molecule has 3 rings (SSSR count). The van der Waals surface area contributed by atoms with Gasteiger partial charge in [0.25, 0.3) is 11.8 Å². The summed E-state index contributed by atoms with van der Waals surface area (Å²) in [6.45, 7) is 2.26. The van der Waals surface area contributed by atoms with Crippen molar-refractivity contribution in [1.29, 1.82) is 0 Å². The standard InChI is InChI=1S/C21H24N2O6/c1-26-17-12-15(13-18(27-2)19(17)28-3)20(24)22-16-6-4-14(5-7-16)21(25)23-8-10-29-11-9-23/h4-7,12-13H,8-11H2,1-3H3,(H,22,24). The third-order valence-electron chi connectivity index (χ3n) is 4.61. The lowest BCUT2D eigenvalue weighted by atomic mass is 10.1. The number of morpholine rings is 1. The fourth-order valence-electron chi connectivity index (χ4n) is 3.06. The van der Waals surface area contributed by atoms with E-state index in [-0.39, 0.29) is 11.8 Å². The minimum Gasteiger partial charge on any atom is -0.493 e. The Bertz CT molecular complexity index is 850. The van der Waals surface area contributed by atoms with Gasteiger partial charge in [0, 0.05) is 29.9 Å². The first-order valence-corrected chi connectivity index (χ1v) is 9.15. The summed E-state index contributed by atoms with van der Waals surface area (Å²) in [7, 11) is 4.48. The summed E-state index contributed by atoms with van der Waals surface area (Å²) < 4.78 is 21.1. The highest BCUT2D eigenvalue weighted by atomic mass is 16.5. The Morgan fingerprint density at radius 3 is 2.00 bits per heavy atom. The molecule has 29 heavy (non-hydrogen) atoms. The van der Waals surface area contributed by atoms with E-state index in [1.165, 1.54) is 21.3 Å². The Morgan fingerprint density at radius 2 is 1.48 bits per heavy atom. The summed E-state index contributed by atoms with van der Waals surface area (Å²) in [4.78, 5) is 26.9. The van der Waals surface area contributed by atoms with Crippen molar-refractivity contribution < 1.29 is 28.5 Å². The normalized spacial score (nSPS) is 13.6. The minimum absolute atomic E-state index is 0.0456. The maximum absolute atomic E-state index is 12.7. The molecule has 0 saturated carbocycles. The highest BCUT2D eigenvalue weighted by Crippen LogP contribution is 2.38. The molecule has 0 spiro atoms. The Kier molecular flexibility index (Phi) is 6.56. The van der Waals surface area contributed by atoms with Crippen LogP contribution in [0.5, 0.6) is 17.2 Å². The molecule has 154 valence electrons. The summed E-state index contributed by atoms with van der Waals surface area (Å²) in [5.41, 5.74) is 1.49. The van der Waals surface area contributed by atoms with Gasteiger partial charge in [-0.15, -0.1) is 0 Å². The van der Waals surface area contributed by atoms with Crippen LogP contribution >= 0.6 is 0 Å². The Labute approximate surface area is 169 Å². The molecule has 0 aliphatic carbocycles. The summed E-state index contributed by atoms with van der Waals surface area (Å²) in [5.74, 6) is 0.816. The van der Waals surface area contributed by atoms with Gasteiger partial charge in [-0.2, -0.15) is 0 Å². The molecule has 0 bridgehead atoms. The van der Waals surface area contributed by atoms with Crippen molar-refractivity contribution in [3.63, 3.8) is 0 Å². The SMILES string of the molecule is COc1cc(C(=O)Nc2ccc(C(=O)N3CCOCC3)cc2)cc(OC)c1OC. The molecular formula is C21H24N2O6. The van der Waals surface area contributed by atoms with Crippen LogP contribution in [-0.4, -0.2) is 64.3 Å². The predicted octanol–water partition coefficient (Wildman–Crippen LogP) is 2.44. The van der Waals surface area contributed by atoms with Crippen LogP contribution in [0, 0.1) is 0 Å². The second-order valence-electron chi connectivity index (χ2n) is 6.35. The summed E-state index contributed by atoms with van der Waals surface area (Å²) >= 11 is 0. The maximum Gasteiger partial charge on any atom is 0.255 e. The molecule has 8 heteroatoms. The van der Waals surface area contributed by atoms with Gasteiger partial charge >= 0.3 is 0 Å². The van der Waals surface area contributed by atoms with Gasteiger partial charge in [0.2, 0.25) is 5.75 Å². The van der Waals surface area contributed by atoms with Crippen molar-refractivity contribution in [3.05, 3.63) is 47.5 Å². The number of hydrogen-bond donors (Lipinski definition) is 1. The van der Waals surface area contributed by atoms with Gasteiger partial charge in [-0.3, -0.25) is 9.59 Å². The fraction of sp³-hybridized carbons (Fsp3) is 0.333. The zero-order valence-electron chi connectivity index (χ0n) is 16.7. The molecule has 0 aromatic heterocycles. The molecule has 2 amide bonds. The molecule has 0 unspecified atom stereocenters. The molecule has 0 atom stereocenters. The fourth-order valence-corrected chi connectivity index (χ4v) is 3.06. The number of nitrogens with zero attached hydrogens (tertiary/aromatic N) is 1. The molecule has 0 radical (unpaired) electrons. The molecule has 8 nitrogen and oxygen atoms in total. The van der Waals surface area contributed by atoms with Crippen LogP contribution in [-0.2, 0) is 4.74 Å². The van der Waals surface area contributed by atoms with E-state index in [1.807, 2.05) is 0 Å². The van der Waals surface area contributed by atoms with Gasteiger partial charge in [-0.25, -0.2) is 0 Å². The number of methoxy groups -OCH3 is 3. The first-order chi connectivity index (χ1) is 14.1. The van der Waals surface area contributed by atoms with E-state index in [9.17, 15) is 9.59 Å². The number of carbonyl (C=O) groups excluding carboxylic acids is 2. The molecule has 1 heterocycles. The Balaban J connectivity index is 1.73. The molecule has 1 aliphatic rings. The van der Waals surface area contributed by atoms with Crippen LogP contribution in [0.2, 0.25) is 0 Å². The molecule has 1 aliphatic heterocycles. The van der Waals surface area contributed by atoms with Gasteiger partial charge in [0.1, 0.15) is 0 Å². The number of anilines is 1. The zero-order valence-corrected chi connectivity index (χ0v) is 16.7. The van der Waals surface area contributed by atoms with Gasteiger partial charge < -0.3 is 29.2 Å². The number of hydrogen-bond acceptors (Lipinski definition) is 6. The second-order valence-corrected chi connectivity index (χ2v) is 6.35. The van der Waals surface area contributed by atoms with Crippen molar-refractivity contribution in [2.75, 3.05) is 52.9 Å². The minimum atomic E-state index is -0.337. The summed E-state index contributed by atoms with van der Waals surface area (Å²) in [5, 5.41) is 2.81. The third kappa shape index (κ3) is 4.60. The van der Waals surface area contributed by atoms with Crippen molar-refractivity contribution in [3.8, 4) is 17.2 Å². The lowest BCUT2D eigenvalue weighted by Crippen LogP contribution is -2.40. The first kappa shape index (κ1) is 20.5. The van der Waals surface area contributed by atoms with Crippen LogP contribution in [0.1, 0.15) is 20.7 Å². The van der Waals surface area contributed by atoms with Crippen molar-refractivity contribution >= 4 is 17.5 Å². The monoisotopic (exact) mass is 400 g/mol. The average Bonchev–Trinajstić information content (AvgIpc) is 2.78. The smallest absolute Gasteiger partial charge is 0.255 e. The number of rotatable bonds is 6. The van der Waals surface area contributed by atoms with Gasteiger partial charge in [-0.1, -0.05) is 0 Å². The highest BCUT2D eigenvalue weighted by molar-refractivity contribution is 6.05. The highest BCUT2D eigenvalue weighted by Gasteiger charge is 2.19. The van der Waals surface area contributed by atoms with Gasteiger partial charge in [0.05, 0.1) is 34.5 Å². The van der Waals surface area contributed by atoms with Crippen molar-refractivity contribution in [2.24, 2.45) is 0 Å². The topological polar surface area (TPSA) is 86.3 Å². The first-order valence-electron chi connectivity index (χ1n) is 9.15. The third-order valence-corrected chi connectivity index (χ3v) is 4.61. The summed E-state index contributed by atoms with van der Waals surface area (Å²) in [6, 6.07) is 9.94. The molecule has 1 fully saturated rings. The molecule has 1 saturated heterocycles. The van der Waals surface area contributed by atoms with Crippen LogP contribution in [0.25, 0.3) is 0 Å². The quantitative estimate of drug-likeness (QED) is 0.802. The zero-order chi connectivity index (χ0) is 20.8. The van der Waals surface area contributed by atoms with E-state index in [4.69, 9.17) is 18.9 Å². The van der Waals surface area contributed by atoms with Crippen LogP contribution in [0.3, 0.4) is 0 Å².